The lowest BCUT2D eigenvalue weighted by atomic mass is 9.80. The van der Waals surface area contributed by atoms with Crippen molar-refractivity contribution in [1.29, 1.82) is 0 Å². The molecule has 2 aliphatic heterocycles. The molecular formula is C15H20O3. The summed E-state index contributed by atoms with van der Waals surface area (Å²) in [5.41, 5.74) is 0.690. The van der Waals surface area contributed by atoms with Gasteiger partial charge >= 0.3 is 0 Å². The maximum atomic E-state index is 10.3. The second-order valence-corrected chi connectivity index (χ2v) is 5.40. The van der Waals surface area contributed by atoms with Crippen LogP contribution in [0.3, 0.4) is 0 Å². The van der Waals surface area contributed by atoms with Gasteiger partial charge in [-0.3, -0.25) is 0 Å². The molecule has 3 atom stereocenters. The predicted molar refractivity (Wildman–Crippen MR) is 68.6 cm³/mol. The van der Waals surface area contributed by atoms with Crippen molar-refractivity contribution < 1.29 is 14.6 Å². The van der Waals surface area contributed by atoms with Gasteiger partial charge in [-0.2, -0.15) is 0 Å². The van der Waals surface area contributed by atoms with E-state index in [0.717, 1.165) is 37.2 Å². The third-order valence-electron chi connectivity index (χ3n) is 4.14. The highest BCUT2D eigenvalue weighted by atomic mass is 16.5. The largest absolute Gasteiger partial charge is 0.487 e. The first kappa shape index (κ1) is 12.0. The summed E-state index contributed by atoms with van der Waals surface area (Å²) >= 11 is 0. The van der Waals surface area contributed by atoms with Crippen LogP contribution in [0.15, 0.2) is 24.3 Å². The summed E-state index contributed by atoms with van der Waals surface area (Å²) < 4.78 is 11.9. The summed E-state index contributed by atoms with van der Waals surface area (Å²) in [5, 5.41) is 10.3. The molecule has 1 fully saturated rings. The molecule has 3 heteroatoms. The molecule has 18 heavy (non-hydrogen) atoms. The summed E-state index contributed by atoms with van der Waals surface area (Å²) in [4.78, 5) is 0. The van der Waals surface area contributed by atoms with Crippen LogP contribution in [0.5, 0.6) is 5.75 Å². The van der Waals surface area contributed by atoms with E-state index in [-0.39, 0.29) is 11.7 Å². The summed E-state index contributed by atoms with van der Waals surface area (Å²) in [5.74, 6) is 0.841. The van der Waals surface area contributed by atoms with Crippen molar-refractivity contribution in [1.82, 2.24) is 0 Å². The Labute approximate surface area is 108 Å². The normalized spacial score (nSPS) is 35.0. The number of rotatable bonds is 1. The summed E-state index contributed by atoms with van der Waals surface area (Å²) in [6, 6.07) is 7.81. The van der Waals surface area contributed by atoms with Crippen LogP contribution in [-0.2, 0) is 4.74 Å². The van der Waals surface area contributed by atoms with Crippen molar-refractivity contribution in [2.24, 2.45) is 0 Å². The van der Waals surface area contributed by atoms with Crippen LogP contribution < -0.4 is 4.74 Å². The van der Waals surface area contributed by atoms with Crippen LogP contribution in [-0.4, -0.2) is 23.4 Å². The number of aliphatic hydroxyl groups excluding tert-OH is 1. The molecule has 0 saturated carbocycles. The van der Waals surface area contributed by atoms with Gasteiger partial charge in [-0.25, -0.2) is 0 Å². The standard InChI is InChI=1S/C15H20O3/c1-2-11-9-15(7-8-17-11)10-13(16)12-5-3-4-6-14(12)18-15/h3-6,11,13,16H,2,7-10H2,1H3. The third kappa shape index (κ3) is 2.02. The van der Waals surface area contributed by atoms with Crippen molar-refractivity contribution >= 4 is 0 Å². The van der Waals surface area contributed by atoms with Crippen LogP contribution in [0.25, 0.3) is 0 Å². The van der Waals surface area contributed by atoms with Gasteiger partial charge in [0.25, 0.3) is 0 Å². The van der Waals surface area contributed by atoms with E-state index in [1.165, 1.54) is 0 Å². The Morgan fingerprint density at radius 1 is 1.33 bits per heavy atom. The quantitative estimate of drug-likeness (QED) is 0.830. The van der Waals surface area contributed by atoms with E-state index >= 15 is 0 Å². The van der Waals surface area contributed by atoms with Crippen molar-refractivity contribution in [3.8, 4) is 5.75 Å². The molecule has 0 amide bonds. The Hall–Kier alpha value is -1.06. The number of hydrogen-bond acceptors (Lipinski definition) is 3. The molecule has 1 aromatic rings. The predicted octanol–water partition coefficient (Wildman–Crippen LogP) is 2.83. The smallest absolute Gasteiger partial charge is 0.125 e. The van der Waals surface area contributed by atoms with E-state index in [1.54, 1.807) is 0 Å². The first-order valence-electron chi connectivity index (χ1n) is 6.80. The Bertz CT molecular complexity index is 432. The van der Waals surface area contributed by atoms with Gasteiger partial charge in [0.05, 0.1) is 18.8 Å². The molecule has 1 aromatic carbocycles. The van der Waals surface area contributed by atoms with E-state index in [4.69, 9.17) is 9.47 Å². The number of para-hydroxylation sites is 1. The van der Waals surface area contributed by atoms with Crippen LogP contribution in [0.2, 0.25) is 0 Å². The number of benzene rings is 1. The SMILES string of the molecule is CCC1CC2(CCO1)CC(O)c1ccccc1O2. The average molecular weight is 248 g/mol. The fourth-order valence-electron chi connectivity index (χ4n) is 3.11. The van der Waals surface area contributed by atoms with Crippen molar-refractivity contribution in [2.75, 3.05) is 6.61 Å². The Kier molecular flexibility index (Phi) is 3.04. The third-order valence-corrected chi connectivity index (χ3v) is 4.14. The van der Waals surface area contributed by atoms with E-state index in [1.807, 2.05) is 24.3 Å². The van der Waals surface area contributed by atoms with Crippen molar-refractivity contribution in [3.05, 3.63) is 29.8 Å². The number of aliphatic hydroxyl groups is 1. The Morgan fingerprint density at radius 3 is 3.00 bits per heavy atom. The van der Waals surface area contributed by atoms with Gasteiger partial charge in [0.2, 0.25) is 0 Å². The van der Waals surface area contributed by atoms with Gasteiger partial charge in [-0.05, 0) is 12.5 Å². The maximum absolute atomic E-state index is 10.3. The lowest BCUT2D eigenvalue weighted by Crippen LogP contribution is -2.48. The van der Waals surface area contributed by atoms with Gasteiger partial charge in [0.1, 0.15) is 11.4 Å². The molecular weight excluding hydrogens is 228 g/mol. The second kappa shape index (κ2) is 4.56. The zero-order chi connectivity index (χ0) is 12.6. The minimum Gasteiger partial charge on any atom is -0.487 e. The van der Waals surface area contributed by atoms with E-state index in [0.29, 0.717) is 6.42 Å². The lowest BCUT2D eigenvalue weighted by molar-refractivity contribution is -0.116. The van der Waals surface area contributed by atoms with Crippen molar-refractivity contribution in [2.45, 2.75) is 50.4 Å². The minimum atomic E-state index is -0.412. The maximum Gasteiger partial charge on any atom is 0.125 e. The minimum absolute atomic E-state index is 0.229. The zero-order valence-electron chi connectivity index (χ0n) is 10.8. The molecule has 3 unspecified atom stereocenters. The number of ether oxygens (including phenoxy) is 2. The molecule has 1 spiro atoms. The van der Waals surface area contributed by atoms with E-state index in [2.05, 4.69) is 6.92 Å². The van der Waals surface area contributed by atoms with Gasteiger partial charge in [-0.15, -0.1) is 0 Å². The fourth-order valence-corrected chi connectivity index (χ4v) is 3.11. The highest BCUT2D eigenvalue weighted by Gasteiger charge is 2.44. The monoisotopic (exact) mass is 248 g/mol. The van der Waals surface area contributed by atoms with Gasteiger partial charge in [0.15, 0.2) is 0 Å². The first-order valence-corrected chi connectivity index (χ1v) is 6.80. The van der Waals surface area contributed by atoms with Gasteiger partial charge in [-0.1, -0.05) is 25.1 Å². The zero-order valence-corrected chi connectivity index (χ0v) is 10.8. The van der Waals surface area contributed by atoms with Crippen LogP contribution >= 0.6 is 0 Å². The second-order valence-electron chi connectivity index (χ2n) is 5.40. The summed E-state index contributed by atoms with van der Waals surface area (Å²) in [6.07, 6.45) is 3.29. The first-order chi connectivity index (χ1) is 8.72. The van der Waals surface area contributed by atoms with Crippen LogP contribution in [0.4, 0.5) is 0 Å². The Morgan fingerprint density at radius 2 is 2.17 bits per heavy atom. The lowest BCUT2D eigenvalue weighted by Gasteiger charge is -2.45. The highest BCUT2D eigenvalue weighted by Crippen LogP contribution is 2.45. The molecule has 1 saturated heterocycles. The van der Waals surface area contributed by atoms with Crippen LogP contribution in [0, 0.1) is 0 Å². The molecule has 0 aliphatic carbocycles. The molecule has 2 aliphatic rings. The molecule has 3 rings (SSSR count). The Balaban J connectivity index is 1.88. The van der Waals surface area contributed by atoms with Gasteiger partial charge in [0, 0.05) is 24.8 Å². The van der Waals surface area contributed by atoms with Crippen LogP contribution in [0.1, 0.15) is 44.3 Å². The molecule has 0 aromatic heterocycles. The summed E-state index contributed by atoms with van der Waals surface area (Å²) in [7, 11) is 0. The average Bonchev–Trinajstić information content (AvgIpc) is 2.38. The molecule has 1 N–H and O–H groups in total. The van der Waals surface area contributed by atoms with Crippen molar-refractivity contribution in [3.63, 3.8) is 0 Å². The molecule has 0 radical (unpaired) electrons. The highest BCUT2D eigenvalue weighted by molar-refractivity contribution is 5.38. The van der Waals surface area contributed by atoms with E-state index < -0.39 is 6.10 Å². The van der Waals surface area contributed by atoms with E-state index in [9.17, 15) is 5.11 Å². The summed E-state index contributed by atoms with van der Waals surface area (Å²) in [6.45, 7) is 2.87. The fraction of sp³-hybridized carbons (Fsp3) is 0.600. The topological polar surface area (TPSA) is 38.7 Å². The molecule has 98 valence electrons. The van der Waals surface area contributed by atoms with Gasteiger partial charge < -0.3 is 14.6 Å². The molecule has 0 bridgehead atoms. The number of hydrogen-bond donors (Lipinski definition) is 1. The molecule has 3 nitrogen and oxygen atoms in total. The number of fused-ring (bicyclic) bond motifs is 1. The molecule has 2 heterocycles.